The molecule has 0 radical (unpaired) electrons. The molecule has 0 rings (SSSR count). The van der Waals surface area contributed by atoms with Gasteiger partial charge in [-0.3, -0.25) is 19.2 Å². The second-order valence-corrected chi connectivity index (χ2v) is 5.41. The molecule has 0 aromatic rings. The van der Waals surface area contributed by atoms with Gasteiger partial charge in [-0.25, -0.2) is 0 Å². The highest BCUT2D eigenvalue weighted by atomic mass is 16.5. The average Bonchev–Trinajstić information content (AvgIpc) is 2.42. The molecular weight excluding hydrogens is 290 g/mol. The van der Waals surface area contributed by atoms with Gasteiger partial charge in [0.2, 0.25) is 17.7 Å². The Morgan fingerprint density at radius 1 is 1.00 bits per heavy atom. The zero-order valence-electron chi connectivity index (χ0n) is 13.7. The van der Waals surface area contributed by atoms with Gasteiger partial charge in [-0.1, -0.05) is 13.8 Å². The first-order valence-electron chi connectivity index (χ1n) is 7.09. The third-order valence-corrected chi connectivity index (χ3v) is 2.79. The summed E-state index contributed by atoms with van der Waals surface area (Å²) in [5, 5.41) is 7.43. The Morgan fingerprint density at radius 3 is 2.05 bits per heavy atom. The Kier molecular flexibility index (Phi) is 8.81. The molecule has 0 aliphatic rings. The first kappa shape index (κ1) is 19.9. The standard InChI is InChI=1S/C14H25N3O5/c1-8(2)6-11(14(21)15-7-12(19)22-5)17-13(20)9(3)16-10(4)18/h8-9,11H,6-7H2,1-5H3,(H,15,21)(H,16,18)(H,17,20)/t9-,11+/m0/s1. The van der Waals surface area contributed by atoms with Crippen molar-refractivity contribution in [2.75, 3.05) is 13.7 Å². The number of rotatable bonds is 8. The number of methoxy groups -OCH3 is 1. The minimum Gasteiger partial charge on any atom is -0.468 e. The largest absolute Gasteiger partial charge is 0.468 e. The normalized spacial score (nSPS) is 13.0. The summed E-state index contributed by atoms with van der Waals surface area (Å²) < 4.78 is 4.44. The Balaban J connectivity index is 4.68. The van der Waals surface area contributed by atoms with E-state index in [9.17, 15) is 19.2 Å². The molecule has 8 nitrogen and oxygen atoms in total. The van der Waals surface area contributed by atoms with Crippen LogP contribution in [-0.2, 0) is 23.9 Å². The summed E-state index contributed by atoms with van der Waals surface area (Å²) in [6.45, 7) is 6.38. The summed E-state index contributed by atoms with van der Waals surface area (Å²) in [4.78, 5) is 46.0. The fourth-order valence-corrected chi connectivity index (χ4v) is 1.72. The van der Waals surface area contributed by atoms with E-state index in [2.05, 4.69) is 20.7 Å². The third kappa shape index (κ3) is 8.23. The summed E-state index contributed by atoms with van der Waals surface area (Å²) in [5.74, 6) is -1.69. The van der Waals surface area contributed by atoms with Crippen molar-refractivity contribution in [3.8, 4) is 0 Å². The van der Waals surface area contributed by atoms with E-state index in [1.54, 1.807) is 0 Å². The first-order chi connectivity index (χ1) is 10.2. The number of hydrogen-bond acceptors (Lipinski definition) is 5. The summed E-state index contributed by atoms with van der Waals surface area (Å²) in [7, 11) is 1.22. The van der Waals surface area contributed by atoms with Crippen LogP contribution in [0.15, 0.2) is 0 Å². The number of ether oxygens (including phenoxy) is 1. The highest BCUT2D eigenvalue weighted by molar-refractivity contribution is 5.92. The molecule has 8 heteroatoms. The van der Waals surface area contributed by atoms with Crippen LogP contribution in [0.25, 0.3) is 0 Å². The molecule has 0 aromatic heterocycles. The third-order valence-electron chi connectivity index (χ3n) is 2.79. The van der Waals surface area contributed by atoms with Crippen LogP contribution in [-0.4, -0.2) is 49.4 Å². The van der Waals surface area contributed by atoms with Crippen LogP contribution in [0.4, 0.5) is 0 Å². The van der Waals surface area contributed by atoms with Crippen LogP contribution in [0.5, 0.6) is 0 Å². The van der Waals surface area contributed by atoms with Gasteiger partial charge in [0.25, 0.3) is 0 Å². The number of amides is 3. The van der Waals surface area contributed by atoms with E-state index in [0.29, 0.717) is 6.42 Å². The predicted octanol–water partition coefficient (Wildman–Crippen LogP) is -0.669. The van der Waals surface area contributed by atoms with Crippen molar-refractivity contribution in [1.82, 2.24) is 16.0 Å². The number of esters is 1. The summed E-state index contributed by atoms with van der Waals surface area (Å²) in [6, 6.07) is -1.53. The lowest BCUT2D eigenvalue weighted by Gasteiger charge is -2.22. The van der Waals surface area contributed by atoms with Gasteiger partial charge in [-0.05, 0) is 19.3 Å². The molecule has 126 valence electrons. The lowest BCUT2D eigenvalue weighted by Crippen LogP contribution is -2.53. The van der Waals surface area contributed by atoms with E-state index < -0.39 is 29.9 Å². The molecule has 0 unspecified atom stereocenters. The smallest absolute Gasteiger partial charge is 0.325 e. The van der Waals surface area contributed by atoms with Crippen molar-refractivity contribution in [2.45, 2.75) is 46.2 Å². The number of carbonyl (C=O) groups is 4. The van der Waals surface area contributed by atoms with Crippen molar-refractivity contribution in [2.24, 2.45) is 5.92 Å². The van der Waals surface area contributed by atoms with E-state index in [4.69, 9.17) is 0 Å². The maximum atomic E-state index is 12.1. The molecule has 0 aromatic carbocycles. The van der Waals surface area contributed by atoms with Crippen molar-refractivity contribution < 1.29 is 23.9 Å². The SMILES string of the molecule is COC(=O)CNC(=O)[C@@H](CC(C)C)NC(=O)[C@H](C)NC(C)=O. The fourth-order valence-electron chi connectivity index (χ4n) is 1.72. The summed E-state index contributed by atoms with van der Waals surface area (Å²) >= 11 is 0. The van der Waals surface area contributed by atoms with Crippen LogP contribution >= 0.6 is 0 Å². The lowest BCUT2D eigenvalue weighted by molar-refractivity contribution is -0.141. The molecule has 3 amide bonds. The molecule has 22 heavy (non-hydrogen) atoms. The van der Waals surface area contributed by atoms with Gasteiger partial charge in [0, 0.05) is 6.92 Å². The van der Waals surface area contributed by atoms with E-state index in [-0.39, 0.29) is 18.4 Å². The molecule has 3 N–H and O–H groups in total. The zero-order valence-corrected chi connectivity index (χ0v) is 13.7. The maximum Gasteiger partial charge on any atom is 0.325 e. The van der Waals surface area contributed by atoms with Crippen molar-refractivity contribution in [1.29, 1.82) is 0 Å². The van der Waals surface area contributed by atoms with Gasteiger partial charge in [0.15, 0.2) is 0 Å². The number of hydrogen-bond donors (Lipinski definition) is 3. The van der Waals surface area contributed by atoms with Gasteiger partial charge < -0.3 is 20.7 Å². The molecular formula is C14H25N3O5. The molecule has 0 saturated carbocycles. The first-order valence-corrected chi connectivity index (χ1v) is 7.09. The molecule has 0 aliphatic heterocycles. The molecule has 0 fully saturated rings. The monoisotopic (exact) mass is 315 g/mol. The molecule has 2 atom stereocenters. The Bertz CT molecular complexity index is 423. The topological polar surface area (TPSA) is 114 Å². The average molecular weight is 315 g/mol. The Hall–Kier alpha value is -2.12. The van der Waals surface area contributed by atoms with Gasteiger partial charge in [-0.15, -0.1) is 0 Å². The number of carbonyl (C=O) groups excluding carboxylic acids is 4. The summed E-state index contributed by atoms with van der Waals surface area (Å²) in [5.41, 5.74) is 0. The van der Waals surface area contributed by atoms with E-state index >= 15 is 0 Å². The molecule has 0 bridgehead atoms. The minimum atomic E-state index is -0.784. The fraction of sp³-hybridized carbons (Fsp3) is 0.714. The van der Waals surface area contributed by atoms with Crippen LogP contribution < -0.4 is 16.0 Å². The van der Waals surface area contributed by atoms with Crippen molar-refractivity contribution >= 4 is 23.7 Å². The number of nitrogens with one attached hydrogen (secondary N) is 3. The van der Waals surface area contributed by atoms with Crippen LogP contribution in [0.2, 0.25) is 0 Å². The van der Waals surface area contributed by atoms with Crippen molar-refractivity contribution in [3.05, 3.63) is 0 Å². The van der Waals surface area contributed by atoms with Crippen LogP contribution in [0.3, 0.4) is 0 Å². The molecule has 0 aliphatic carbocycles. The summed E-state index contributed by atoms with van der Waals surface area (Å²) in [6.07, 6.45) is 0.408. The van der Waals surface area contributed by atoms with E-state index in [1.165, 1.54) is 21.0 Å². The lowest BCUT2D eigenvalue weighted by atomic mass is 10.0. The van der Waals surface area contributed by atoms with Crippen molar-refractivity contribution in [3.63, 3.8) is 0 Å². The maximum absolute atomic E-state index is 12.1. The van der Waals surface area contributed by atoms with E-state index in [1.807, 2.05) is 13.8 Å². The predicted molar refractivity (Wildman–Crippen MR) is 79.7 cm³/mol. The van der Waals surface area contributed by atoms with E-state index in [0.717, 1.165) is 0 Å². The Morgan fingerprint density at radius 2 is 1.59 bits per heavy atom. The van der Waals surface area contributed by atoms with Gasteiger partial charge in [0.1, 0.15) is 18.6 Å². The molecule has 0 heterocycles. The highest BCUT2D eigenvalue weighted by Gasteiger charge is 2.24. The second-order valence-electron chi connectivity index (χ2n) is 5.41. The van der Waals surface area contributed by atoms with Crippen LogP contribution in [0.1, 0.15) is 34.1 Å². The highest BCUT2D eigenvalue weighted by Crippen LogP contribution is 2.05. The second kappa shape index (κ2) is 9.75. The van der Waals surface area contributed by atoms with Gasteiger partial charge >= 0.3 is 5.97 Å². The molecule has 0 spiro atoms. The zero-order chi connectivity index (χ0) is 17.3. The Labute approximate surface area is 130 Å². The quantitative estimate of drug-likeness (QED) is 0.514. The molecule has 0 saturated heterocycles. The van der Waals surface area contributed by atoms with Gasteiger partial charge in [-0.2, -0.15) is 0 Å². The van der Waals surface area contributed by atoms with Crippen LogP contribution in [0, 0.1) is 5.92 Å². The minimum absolute atomic E-state index is 0.158. The van der Waals surface area contributed by atoms with Gasteiger partial charge in [0.05, 0.1) is 7.11 Å².